The third-order valence-electron chi connectivity index (χ3n) is 2.45. The number of methoxy groups -OCH3 is 1. The van der Waals surface area contributed by atoms with E-state index in [1.54, 1.807) is 0 Å². The molecule has 0 saturated heterocycles. The van der Waals surface area contributed by atoms with Crippen molar-refractivity contribution in [1.82, 2.24) is 15.0 Å². The number of hydrogen-bond donors (Lipinski definition) is 1. The second-order valence-corrected chi connectivity index (χ2v) is 3.91. The van der Waals surface area contributed by atoms with E-state index in [1.165, 1.54) is 25.4 Å². The summed E-state index contributed by atoms with van der Waals surface area (Å²) in [5.41, 5.74) is 3.72. The number of carbonyl (C=O) groups excluding carboxylic acids is 1. The van der Waals surface area contributed by atoms with Gasteiger partial charge in [-0.05, 0) is 6.07 Å². The second kappa shape index (κ2) is 5.84. The maximum Gasteiger partial charge on any atom is 0.435 e. The summed E-state index contributed by atoms with van der Waals surface area (Å²) in [6.07, 6.45) is -4.18. The predicted octanol–water partition coefficient (Wildman–Crippen LogP) is 2.02. The van der Waals surface area contributed by atoms with Crippen molar-refractivity contribution >= 4 is 6.09 Å². The van der Waals surface area contributed by atoms with Gasteiger partial charge in [-0.15, -0.1) is 0 Å². The molecule has 0 aliphatic rings. The van der Waals surface area contributed by atoms with Crippen LogP contribution >= 0.6 is 0 Å². The number of aromatic nitrogens is 3. The molecular weight excluding hydrogens is 305 g/mol. The monoisotopic (exact) mass is 314 g/mol. The Labute approximate surface area is 121 Å². The molecule has 1 amide bonds. The smallest absolute Gasteiger partial charge is 0.435 e. The standard InChI is InChI=1S/C12H9F3N4O3/c1-21-8-4-6(2-3-17-8)9-10(22-11(16)20)19-7(5-18-9)12(13,14)15/h2-5H,1H3,(H2,16,20). The van der Waals surface area contributed by atoms with Crippen LogP contribution < -0.4 is 15.2 Å². The Morgan fingerprint density at radius 1 is 1.32 bits per heavy atom. The zero-order valence-electron chi connectivity index (χ0n) is 11.1. The number of amides is 1. The van der Waals surface area contributed by atoms with Gasteiger partial charge in [-0.3, -0.25) is 0 Å². The van der Waals surface area contributed by atoms with E-state index in [1.807, 2.05) is 0 Å². The number of halogens is 3. The quantitative estimate of drug-likeness (QED) is 0.930. The van der Waals surface area contributed by atoms with Crippen LogP contribution in [0.25, 0.3) is 11.3 Å². The van der Waals surface area contributed by atoms with Crippen molar-refractivity contribution in [3.63, 3.8) is 0 Å². The predicted molar refractivity (Wildman–Crippen MR) is 67.0 cm³/mol. The van der Waals surface area contributed by atoms with Gasteiger partial charge in [0.1, 0.15) is 5.69 Å². The SMILES string of the molecule is COc1cc(-c2ncc(C(F)(F)F)nc2OC(N)=O)ccn1. The van der Waals surface area contributed by atoms with E-state index in [0.29, 0.717) is 11.8 Å². The van der Waals surface area contributed by atoms with Gasteiger partial charge in [0, 0.05) is 17.8 Å². The Balaban J connectivity index is 2.56. The van der Waals surface area contributed by atoms with Gasteiger partial charge >= 0.3 is 12.3 Å². The van der Waals surface area contributed by atoms with E-state index >= 15 is 0 Å². The fourth-order valence-corrected chi connectivity index (χ4v) is 1.54. The number of nitrogens with two attached hydrogens (primary N) is 1. The molecule has 116 valence electrons. The van der Waals surface area contributed by atoms with Crippen molar-refractivity contribution < 1.29 is 27.4 Å². The number of pyridine rings is 1. The fourth-order valence-electron chi connectivity index (χ4n) is 1.54. The highest BCUT2D eigenvalue weighted by Gasteiger charge is 2.34. The van der Waals surface area contributed by atoms with Crippen LogP contribution in [0.15, 0.2) is 24.5 Å². The Hall–Kier alpha value is -2.91. The van der Waals surface area contributed by atoms with Crippen molar-refractivity contribution in [2.45, 2.75) is 6.18 Å². The minimum atomic E-state index is -4.74. The highest BCUT2D eigenvalue weighted by molar-refractivity contribution is 5.72. The van der Waals surface area contributed by atoms with Crippen molar-refractivity contribution in [2.24, 2.45) is 5.73 Å². The van der Waals surface area contributed by atoms with Crippen LogP contribution in [0.5, 0.6) is 11.8 Å². The molecule has 2 heterocycles. The summed E-state index contributed by atoms with van der Waals surface area (Å²) in [4.78, 5) is 21.6. The third kappa shape index (κ3) is 3.40. The number of rotatable bonds is 3. The summed E-state index contributed by atoms with van der Waals surface area (Å²) in [7, 11) is 1.37. The minimum Gasteiger partial charge on any atom is -0.481 e. The van der Waals surface area contributed by atoms with Crippen LogP contribution in [-0.4, -0.2) is 28.2 Å². The molecule has 0 unspecified atom stereocenters. The van der Waals surface area contributed by atoms with Crippen LogP contribution in [0, 0.1) is 0 Å². The molecule has 0 radical (unpaired) electrons. The number of alkyl halides is 3. The second-order valence-electron chi connectivity index (χ2n) is 3.91. The Kier molecular flexibility index (Phi) is 4.11. The number of primary amides is 1. The van der Waals surface area contributed by atoms with Crippen LogP contribution in [0.2, 0.25) is 0 Å². The summed E-state index contributed by atoms with van der Waals surface area (Å²) < 4.78 is 47.4. The lowest BCUT2D eigenvalue weighted by Gasteiger charge is -2.11. The zero-order chi connectivity index (χ0) is 16.3. The van der Waals surface area contributed by atoms with E-state index in [2.05, 4.69) is 19.7 Å². The normalized spacial score (nSPS) is 11.1. The molecule has 0 aliphatic carbocycles. The lowest BCUT2D eigenvalue weighted by atomic mass is 10.2. The molecule has 0 saturated carbocycles. The van der Waals surface area contributed by atoms with Gasteiger partial charge in [-0.25, -0.2) is 19.7 Å². The lowest BCUT2D eigenvalue weighted by molar-refractivity contribution is -0.141. The summed E-state index contributed by atoms with van der Waals surface area (Å²) >= 11 is 0. The van der Waals surface area contributed by atoms with Crippen molar-refractivity contribution in [3.8, 4) is 23.0 Å². The van der Waals surface area contributed by atoms with E-state index in [0.717, 1.165) is 0 Å². The van der Waals surface area contributed by atoms with E-state index < -0.39 is 23.8 Å². The van der Waals surface area contributed by atoms with Gasteiger partial charge < -0.3 is 15.2 Å². The first-order valence-corrected chi connectivity index (χ1v) is 5.73. The minimum absolute atomic E-state index is 0.104. The fraction of sp³-hybridized carbons (Fsp3) is 0.167. The molecule has 0 bridgehead atoms. The largest absolute Gasteiger partial charge is 0.481 e. The topological polar surface area (TPSA) is 100 Å². The first-order chi connectivity index (χ1) is 10.3. The number of hydrogen-bond acceptors (Lipinski definition) is 6. The van der Waals surface area contributed by atoms with Gasteiger partial charge in [0.25, 0.3) is 5.88 Å². The van der Waals surface area contributed by atoms with Gasteiger partial charge in [0.15, 0.2) is 5.69 Å². The van der Waals surface area contributed by atoms with Crippen molar-refractivity contribution in [3.05, 3.63) is 30.2 Å². The summed E-state index contributed by atoms with van der Waals surface area (Å²) in [6, 6.07) is 2.83. The molecular formula is C12H9F3N4O3. The average Bonchev–Trinajstić information content (AvgIpc) is 2.45. The van der Waals surface area contributed by atoms with E-state index in [9.17, 15) is 18.0 Å². The highest BCUT2D eigenvalue weighted by Crippen LogP contribution is 2.33. The maximum absolute atomic E-state index is 12.7. The maximum atomic E-state index is 12.7. The van der Waals surface area contributed by atoms with E-state index in [-0.39, 0.29) is 11.6 Å². The number of carbonyl (C=O) groups is 1. The molecule has 0 atom stereocenters. The molecule has 2 rings (SSSR count). The molecule has 2 aromatic heterocycles. The summed E-state index contributed by atoms with van der Waals surface area (Å²) in [5, 5.41) is 0. The molecule has 0 spiro atoms. The number of nitrogens with zero attached hydrogens (tertiary/aromatic N) is 3. The molecule has 2 N–H and O–H groups in total. The van der Waals surface area contributed by atoms with Crippen LogP contribution in [0.1, 0.15) is 5.69 Å². The average molecular weight is 314 g/mol. The molecule has 10 heteroatoms. The van der Waals surface area contributed by atoms with Crippen molar-refractivity contribution in [1.29, 1.82) is 0 Å². The van der Waals surface area contributed by atoms with Gasteiger partial charge in [-0.1, -0.05) is 0 Å². The van der Waals surface area contributed by atoms with Crippen LogP contribution in [0.4, 0.5) is 18.0 Å². The molecule has 0 aromatic carbocycles. The molecule has 0 fully saturated rings. The Bertz CT molecular complexity index is 706. The van der Waals surface area contributed by atoms with Gasteiger partial charge in [-0.2, -0.15) is 13.2 Å². The van der Waals surface area contributed by atoms with Crippen LogP contribution in [-0.2, 0) is 6.18 Å². The van der Waals surface area contributed by atoms with Crippen LogP contribution in [0.3, 0.4) is 0 Å². The molecule has 2 aromatic rings. The Morgan fingerprint density at radius 3 is 2.64 bits per heavy atom. The number of ether oxygens (including phenoxy) is 2. The van der Waals surface area contributed by atoms with Gasteiger partial charge in [0.2, 0.25) is 5.88 Å². The first kappa shape index (κ1) is 15.5. The highest BCUT2D eigenvalue weighted by atomic mass is 19.4. The summed E-state index contributed by atoms with van der Waals surface area (Å²) in [5.74, 6) is -0.459. The Morgan fingerprint density at radius 2 is 2.05 bits per heavy atom. The zero-order valence-corrected chi connectivity index (χ0v) is 11.1. The van der Waals surface area contributed by atoms with E-state index in [4.69, 9.17) is 10.5 Å². The molecule has 22 heavy (non-hydrogen) atoms. The molecule has 0 aliphatic heterocycles. The molecule has 7 nitrogen and oxygen atoms in total. The lowest BCUT2D eigenvalue weighted by Crippen LogP contribution is -2.19. The summed E-state index contributed by atoms with van der Waals surface area (Å²) in [6.45, 7) is 0. The van der Waals surface area contributed by atoms with Gasteiger partial charge in [0.05, 0.1) is 13.3 Å². The third-order valence-corrected chi connectivity index (χ3v) is 2.45. The van der Waals surface area contributed by atoms with Crippen molar-refractivity contribution in [2.75, 3.05) is 7.11 Å². The first-order valence-electron chi connectivity index (χ1n) is 5.73.